The lowest BCUT2D eigenvalue weighted by Gasteiger charge is -2.22. The first-order valence-electron chi connectivity index (χ1n) is 6.34. The number of nitrogens with one attached hydrogen (secondary N) is 1. The molecule has 1 saturated heterocycles. The van der Waals surface area contributed by atoms with Crippen molar-refractivity contribution in [1.29, 1.82) is 0 Å². The van der Waals surface area contributed by atoms with E-state index in [0.29, 0.717) is 0 Å². The van der Waals surface area contributed by atoms with Crippen LogP contribution >= 0.6 is 0 Å². The summed E-state index contributed by atoms with van der Waals surface area (Å²) < 4.78 is 0. The van der Waals surface area contributed by atoms with Crippen molar-refractivity contribution in [2.24, 2.45) is 11.1 Å². The third kappa shape index (κ3) is 1.78. The van der Waals surface area contributed by atoms with E-state index in [1.165, 1.54) is 37.8 Å². The molecular weight excluding hydrogens is 188 g/mol. The molecule has 0 aromatic rings. The van der Waals surface area contributed by atoms with E-state index >= 15 is 0 Å². The molecule has 1 saturated carbocycles. The molecule has 0 bridgehead atoms. The van der Waals surface area contributed by atoms with Crippen molar-refractivity contribution in [3.8, 4) is 0 Å². The molecule has 1 atom stereocenters. The molecule has 2 fully saturated rings. The van der Waals surface area contributed by atoms with Gasteiger partial charge in [0.15, 0.2) is 5.60 Å². The molecule has 2 aliphatic heterocycles. The van der Waals surface area contributed by atoms with Gasteiger partial charge < -0.3 is 10.2 Å². The maximum Gasteiger partial charge on any atom is 0.156 e. The quantitative estimate of drug-likeness (QED) is 0.715. The van der Waals surface area contributed by atoms with Gasteiger partial charge in [0.05, 0.1) is 5.71 Å². The molecule has 1 unspecified atom stereocenters. The van der Waals surface area contributed by atoms with Crippen LogP contribution in [0.5, 0.6) is 0 Å². The fourth-order valence-electron chi connectivity index (χ4n) is 3.15. The zero-order valence-electron chi connectivity index (χ0n) is 9.30. The van der Waals surface area contributed by atoms with Crippen LogP contribution in [0.2, 0.25) is 0 Å². The molecule has 3 rings (SSSR count). The van der Waals surface area contributed by atoms with Crippen LogP contribution in [-0.4, -0.2) is 24.4 Å². The van der Waals surface area contributed by atoms with Crippen molar-refractivity contribution in [2.45, 2.75) is 50.5 Å². The summed E-state index contributed by atoms with van der Waals surface area (Å²) in [5.41, 5.74) is 1.41. The predicted octanol–water partition coefficient (Wildman–Crippen LogP) is 2.08. The van der Waals surface area contributed by atoms with Crippen LogP contribution < -0.4 is 5.32 Å². The Morgan fingerprint density at radius 2 is 2.13 bits per heavy atom. The monoisotopic (exact) mass is 208 g/mol. The molecule has 0 aromatic heterocycles. The van der Waals surface area contributed by atoms with Gasteiger partial charge in [-0.15, -0.1) is 0 Å². The number of nitrogens with zero attached hydrogens (tertiary/aromatic N) is 1. The smallest absolute Gasteiger partial charge is 0.156 e. The molecule has 84 valence electrons. The Balaban J connectivity index is 1.64. The maximum absolute atomic E-state index is 5.69. The summed E-state index contributed by atoms with van der Waals surface area (Å²) >= 11 is 0. The SMILES string of the molecule is C1CCC(C2=NOC3(CCNC3)C2)CC1. The van der Waals surface area contributed by atoms with E-state index in [-0.39, 0.29) is 5.60 Å². The lowest BCUT2D eigenvalue weighted by Crippen LogP contribution is -2.32. The molecular formula is C12H20N2O. The van der Waals surface area contributed by atoms with Gasteiger partial charge in [-0.3, -0.25) is 0 Å². The van der Waals surface area contributed by atoms with Crippen molar-refractivity contribution in [1.82, 2.24) is 5.32 Å². The van der Waals surface area contributed by atoms with E-state index in [1.807, 2.05) is 0 Å². The molecule has 2 heterocycles. The van der Waals surface area contributed by atoms with Crippen LogP contribution in [-0.2, 0) is 4.84 Å². The van der Waals surface area contributed by atoms with Gasteiger partial charge in [-0.25, -0.2) is 0 Å². The highest BCUT2D eigenvalue weighted by atomic mass is 16.7. The fourth-order valence-corrected chi connectivity index (χ4v) is 3.15. The Labute approximate surface area is 91.2 Å². The minimum Gasteiger partial charge on any atom is -0.387 e. The van der Waals surface area contributed by atoms with Gasteiger partial charge in [-0.05, 0) is 19.4 Å². The highest BCUT2D eigenvalue weighted by Gasteiger charge is 2.43. The topological polar surface area (TPSA) is 33.6 Å². The first-order valence-corrected chi connectivity index (χ1v) is 6.34. The molecule has 1 N–H and O–H groups in total. The minimum absolute atomic E-state index is 0.0484. The summed E-state index contributed by atoms with van der Waals surface area (Å²) in [6, 6.07) is 0. The summed E-state index contributed by atoms with van der Waals surface area (Å²) in [6.45, 7) is 2.08. The van der Waals surface area contributed by atoms with Crippen molar-refractivity contribution in [3.05, 3.63) is 0 Å². The van der Waals surface area contributed by atoms with Gasteiger partial charge in [-0.2, -0.15) is 0 Å². The Morgan fingerprint density at radius 3 is 2.87 bits per heavy atom. The van der Waals surface area contributed by atoms with Crippen molar-refractivity contribution < 1.29 is 4.84 Å². The van der Waals surface area contributed by atoms with E-state index in [9.17, 15) is 0 Å². The van der Waals surface area contributed by atoms with Crippen LogP contribution in [0.3, 0.4) is 0 Å². The molecule has 15 heavy (non-hydrogen) atoms. The van der Waals surface area contributed by atoms with Crippen LogP contribution in [0.4, 0.5) is 0 Å². The van der Waals surface area contributed by atoms with Gasteiger partial charge in [0.25, 0.3) is 0 Å². The summed E-state index contributed by atoms with van der Waals surface area (Å²) in [4.78, 5) is 5.69. The Kier molecular flexibility index (Phi) is 2.43. The zero-order chi connectivity index (χ0) is 10.1. The van der Waals surface area contributed by atoms with Crippen molar-refractivity contribution in [3.63, 3.8) is 0 Å². The number of rotatable bonds is 1. The number of oxime groups is 1. The highest BCUT2D eigenvalue weighted by molar-refractivity contribution is 5.88. The zero-order valence-corrected chi connectivity index (χ0v) is 9.30. The Hall–Kier alpha value is -0.570. The van der Waals surface area contributed by atoms with Crippen LogP contribution in [0, 0.1) is 5.92 Å². The standard InChI is InChI=1S/C12H20N2O/c1-2-4-10(5-3-1)11-8-12(15-14-11)6-7-13-9-12/h10,13H,1-9H2. The lowest BCUT2D eigenvalue weighted by atomic mass is 9.82. The molecule has 0 amide bonds. The summed E-state index contributed by atoms with van der Waals surface area (Å²) in [6.07, 6.45) is 9.08. The first-order chi connectivity index (χ1) is 7.38. The second kappa shape index (κ2) is 3.78. The Bertz CT molecular complexity index is 263. The van der Waals surface area contributed by atoms with Gasteiger partial charge in [-0.1, -0.05) is 24.4 Å². The molecule has 3 nitrogen and oxygen atoms in total. The molecule has 0 aromatic carbocycles. The molecule has 0 radical (unpaired) electrons. The highest BCUT2D eigenvalue weighted by Crippen LogP contribution is 2.36. The molecule has 1 spiro atoms. The summed E-state index contributed by atoms with van der Waals surface area (Å²) in [5, 5.41) is 7.75. The predicted molar refractivity (Wildman–Crippen MR) is 59.9 cm³/mol. The second-order valence-corrected chi connectivity index (χ2v) is 5.30. The summed E-state index contributed by atoms with van der Waals surface area (Å²) in [5.74, 6) is 0.735. The molecule has 1 aliphatic carbocycles. The van der Waals surface area contributed by atoms with Gasteiger partial charge in [0, 0.05) is 25.3 Å². The fraction of sp³-hybridized carbons (Fsp3) is 0.917. The Morgan fingerprint density at radius 1 is 1.27 bits per heavy atom. The normalized spacial score (nSPS) is 36.9. The van der Waals surface area contributed by atoms with E-state index in [4.69, 9.17) is 4.84 Å². The first kappa shape index (κ1) is 9.64. The lowest BCUT2D eigenvalue weighted by molar-refractivity contribution is -0.00191. The van der Waals surface area contributed by atoms with Crippen molar-refractivity contribution in [2.75, 3.05) is 13.1 Å². The largest absolute Gasteiger partial charge is 0.387 e. The molecule has 3 heteroatoms. The van der Waals surface area contributed by atoms with Gasteiger partial charge >= 0.3 is 0 Å². The van der Waals surface area contributed by atoms with Crippen LogP contribution in [0.15, 0.2) is 5.16 Å². The van der Waals surface area contributed by atoms with E-state index in [1.54, 1.807) is 0 Å². The van der Waals surface area contributed by atoms with E-state index in [0.717, 1.165) is 31.8 Å². The third-order valence-electron chi connectivity index (χ3n) is 4.14. The number of hydrogen-bond acceptors (Lipinski definition) is 3. The third-order valence-corrected chi connectivity index (χ3v) is 4.14. The van der Waals surface area contributed by atoms with E-state index < -0.39 is 0 Å². The van der Waals surface area contributed by atoms with Gasteiger partial charge in [0.1, 0.15) is 0 Å². The average molecular weight is 208 g/mol. The van der Waals surface area contributed by atoms with Crippen molar-refractivity contribution >= 4 is 5.71 Å². The molecule has 3 aliphatic rings. The minimum atomic E-state index is 0.0484. The van der Waals surface area contributed by atoms with E-state index in [2.05, 4.69) is 10.5 Å². The van der Waals surface area contributed by atoms with Crippen LogP contribution in [0.25, 0.3) is 0 Å². The average Bonchev–Trinajstić information content (AvgIpc) is 2.91. The number of hydrogen-bond donors (Lipinski definition) is 1. The summed E-state index contributed by atoms with van der Waals surface area (Å²) in [7, 11) is 0. The maximum atomic E-state index is 5.69. The van der Waals surface area contributed by atoms with Crippen LogP contribution in [0.1, 0.15) is 44.9 Å². The van der Waals surface area contributed by atoms with Gasteiger partial charge in [0.2, 0.25) is 0 Å². The second-order valence-electron chi connectivity index (χ2n) is 5.30.